The van der Waals surface area contributed by atoms with Gasteiger partial charge in [-0.1, -0.05) is 60.4 Å². The quantitative estimate of drug-likeness (QED) is 0.661. The number of thiophene rings is 1. The smallest absolute Gasteiger partial charge is 0.104 e. The molecular weight excluding hydrogens is 252 g/mol. The van der Waals surface area contributed by atoms with Gasteiger partial charge in [0.05, 0.1) is 10.4 Å². The summed E-state index contributed by atoms with van der Waals surface area (Å²) in [7, 11) is 0. The predicted octanol–water partition coefficient (Wildman–Crippen LogP) is 3.91. The van der Waals surface area contributed by atoms with Crippen LogP contribution >= 0.6 is 11.3 Å². The van der Waals surface area contributed by atoms with Crippen molar-refractivity contribution in [2.24, 2.45) is 0 Å². The molecule has 0 amide bonds. The zero-order valence-corrected chi connectivity index (χ0v) is 11.1. The fraction of sp³-hybridized carbons (Fsp3) is 0.0588. The average molecular weight is 264 g/mol. The third kappa shape index (κ3) is 2.26. The molecule has 0 radical (unpaired) electrons. The molecule has 1 N–H and O–H groups in total. The monoisotopic (exact) mass is 264 g/mol. The molecular formula is C17H12OS. The molecule has 0 bridgehead atoms. The highest BCUT2D eigenvalue weighted by molar-refractivity contribution is 7.22. The minimum atomic E-state index is -0.113. The number of rotatable bonds is 1. The summed E-state index contributed by atoms with van der Waals surface area (Å²) in [5.41, 5.74) is 2.19. The molecule has 0 fully saturated rings. The van der Waals surface area contributed by atoms with E-state index >= 15 is 0 Å². The van der Waals surface area contributed by atoms with Gasteiger partial charge in [-0.2, -0.15) is 0 Å². The number of benzene rings is 2. The lowest BCUT2D eigenvalue weighted by Gasteiger charge is -1.98. The topological polar surface area (TPSA) is 20.2 Å². The highest BCUT2D eigenvalue weighted by Crippen LogP contribution is 2.37. The van der Waals surface area contributed by atoms with Crippen molar-refractivity contribution in [1.82, 2.24) is 0 Å². The van der Waals surface area contributed by atoms with E-state index < -0.39 is 0 Å². The highest BCUT2D eigenvalue weighted by Gasteiger charge is 2.11. The molecule has 1 heterocycles. The van der Waals surface area contributed by atoms with Crippen LogP contribution < -0.4 is 0 Å². The van der Waals surface area contributed by atoms with Gasteiger partial charge in [0, 0.05) is 10.1 Å². The minimum Gasteiger partial charge on any atom is -0.384 e. The van der Waals surface area contributed by atoms with Gasteiger partial charge in [-0.15, -0.1) is 11.3 Å². The molecule has 3 aromatic rings. The van der Waals surface area contributed by atoms with E-state index in [-0.39, 0.29) is 6.61 Å². The maximum Gasteiger partial charge on any atom is 0.104 e. The summed E-state index contributed by atoms with van der Waals surface area (Å²) < 4.78 is 1.23. The Kier molecular flexibility index (Phi) is 3.33. The lowest BCUT2D eigenvalue weighted by atomic mass is 10.1. The molecule has 2 aromatic carbocycles. The molecule has 0 aliphatic rings. The summed E-state index contributed by atoms with van der Waals surface area (Å²) in [5, 5.41) is 10.1. The lowest BCUT2D eigenvalue weighted by Crippen LogP contribution is -1.79. The molecule has 0 aliphatic heterocycles. The van der Waals surface area contributed by atoms with Gasteiger partial charge in [-0.05, 0) is 11.6 Å². The second kappa shape index (κ2) is 5.27. The van der Waals surface area contributed by atoms with Crippen molar-refractivity contribution in [1.29, 1.82) is 0 Å². The number of hydrogen-bond acceptors (Lipinski definition) is 2. The molecule has 2 heteroatoms. The van der Waals surface area contributed by atoms with E-state index in [9.17, 15) is 0 Å². The van der Waals surface area contributed by atoms with E-state index in [2.05, 4.69) is 36.1 Å². The van der Waals surface area contributed by atoms with E-state index in [0.29, 0.717) is 0 Å². The van der Waals surface area contributed by atoms with Crippen molar-refractivity contribution in [3.8, 4) is 22.3 Å². The number of hydrogen-bond donors (Lipinski definition) is 1. The molecule has 0 unspecified atom stereocenters. The van der Waals surface area contributed by atoms with Crippen LogP contribution in [0.25, 0.3) is 20.5 Å². The van der Waals surface area contributed by atoms with Gasteiger partial charge in [0.25, 0.3) is 0 Å². The molecule has 3 rings (SSSR count). The van der Waals surface area contributed by atoms with E-state index in [0.717, 1.165) is 10.9 Å². The molecule has 1 aromatic heterocycles. The van der Waals surface area contributed by atoms with E-state index in [1.807, 2.05) is 30.3 Å². The molecule has 19 heavy (non-hydrogen) atoms. The maximum atomic E-state index is 8.93. The Bertz CT molecular complexity index is 760. The van der Waals surface area contributed by atoms with Gasteiger partial charge in [-0.25, -0.2) is 0 Å². The predicted molar refractivity (Wildman–Crippen MR) is 81.2 cm³/mol. The van der Waals surface area contributed by atoms with Gasteiger partial charge < -0.3 is 5.11 Å². The third-order valence-electron chi connectivity index (χ3n) is 2.92. The second-order valence-electron chi connectivity index (χ2n) is 4.13. The van der Waals surface area contributed by atoms with Crippen LogP contribution in [0.2, 0.25) is 0 Å². The first kappa shape index (κ1) is 12.0. The molecule has 1 nitrogen and oxygen atoms in total. The zero-order valence-electron chi connectivity index (χ0n) is 10.3. The summed E-state index contributed by atoms with van der Waals surface area (Å²) in [6.45, 7) is -0.113. The van der Waals surface area contributed by atoms with Crippen LogP contribution in [-0.4, -0.2) is 11.7 Å². The lowest BCUT2D eigenvalue weighted by molar-refractivity contribution is 0.350. The molecule has 0 saturated carbocycles. The van der Waals surface area contributed by atoms with Crippen molar-refractivity contribution in [3.63, 3.8) is 0 Å². The first-order valence-corrected chi connectivity index (χ1v) is 6.88. The molecule has 0 atom stereocenters. The molecule has 92 valence electrons. The summed E-state index contributed by atoms with van der Waals surface area (Å²) >= 11 is 1.74. The molecule has 0 saturated heterocycles. The third-order valence-corrected chi connectivity index (χ3v) is 4.14. The van der Waals surface area contributed by atoms with Crippen LogP contribution in [0.4, 0.5) is 0 Å². The Labute approximate surface area is 116 Å². The first-order valence-electron chi connectivity index (χ1n) is 6.07. The fourth-order valence-electron chi connectivity index (χ4n) is 2.09. The summed E-state index contributed by atoms with van der Waals surface area (Å²) in [6.07, 6.45) is 0. The van der Waals surface area contributed by atoms with Crippen LogP contribution in [-0.2, 0) is 0 Å². The fourth-order valence-corrected chi connectivity index (χ4v) is 3.25. The zero-order chi connectivity index (χ0) is 13.1. The summed E-state index contributed by atoms with van der Waals surface area (Å²) in [4.78, 5) is 1.17. The van der Waals surface area contributed by atoms with E-state index in [1.54, 1.807) is 11.3 Å². The molecule has 0 spiro atoms. The Hall–Kier alpha value is -2.08. The number of aliphatic hydroxyl groups is 1. The van der Waals surface area contributed by atoms with Crippen molar-refractivity contribution in [2.75, 3.05) is 6.61 Å². The van der Waals surface area contributed by atoms with Crippen LogP contribution in [0.5, 0.6) is 0 Å². The van der Waals surface area contributed by atoms with Crippen molar-refractivity contribution in [2.45, 2.75) is 0 Å². The van der Waals surface area contributed by atoms with Gasteiger partial charge in [0.2, 0.25) is 0 Å². The van der Waals surface area contributed by atoms with Gasteiger partial charge in [0.1, 0.15) is 6.61 Å². The number of aliphatic hydroxyl groups excluding tert-OH is 1. The Morgan fingerprint density at radius 1 is 0.947 bits per heavy atom. The highest BCUT2D eigenvalue weighted by atomic mass is 32.1. The van der Waals surface area contributed by atoms with Crippen LogP contribution in [0, 0.1) is 11.8 Å². The molecule has 0 aliphatic carbocycles. The van der Waals surface area contributed by atoms with Gasteiger partial charge in [0.15, 0.2) is 0 Å². The first-order chi connectivity index (χ1) is 9.40. The van der Waals surface area contributed by atoms with Gasteiger partial charge >= 0.3 is 0 Å². The van der Waals surface area contributed by atoms with Crippen molar-refractivity contribution in [3.05, 3.63) is 60.2 Å². The Balaban J connectivity index is 2.29. The SMILES string of the molecule is OCC#Cc1c(-c2ccccc2)sc2ccccc12. The maximum absolute atomic E-state index is 8.93. The number of fused-ring (bicyclic) bond motifs is 1. The van der Waals surface area contributed by atoms with Crippen molar-refractivity contribution >= 4 is 21.4 Å². The van der Waals surface area contributed by atoms with E-state index in [1.165, 1.54) is 15.1 Å². The average Bonchev–Trinajstić information content (AvgIpc) is 2.85. The largest absolute Gasteiger partial charge is 0.384 e. The van der Waals surface area contributed by atoms with E-state index in [4.69, 9.17) is 5.11 Å². The summed E-state index contributed by atoms with van der Waals surface area (Å²) in [6, 6.07) is 18.5. The normalized spacial score (nSPS) is 10.2. The van der Waals surface area contributed by atoms with Crippen molar-refractivity contribution < 1.29 is 5.11 Å². The van der Waals surface area contributed by atoms with Gasteiger partial charge in [-0.3, -0.25) is 0 Å². The van der Waals surface area contributed by atoms with Crippen LogP contribution in [0.15, 0.2) is 54.6 Å². The van der Waals surface area contributed by atoms with Crippen LogP contribution in [0.3, 0.4) is 0 Å². The second-order valence-corrected chi connectivity index (χ2v) is 5.18. The Morgan fingerprint density at radius 2 is 1.68 bits per heavy atom. The summed E-state index contributed by atoms with van der Waals surface area (Å²) in [5.74, 6) is 5.86. The minimum absolute atomic E-state index is 0.113. The standard InChI is InChI=1S/C17H12OS/c18-12-6-10-15-14-9-4-5-11-16(14)19-17(15)13-7-2-1-3-8-13/h1-5,7-9,11,18H,12H2. The Morgan fingerprint density at radius 3 is 2.47 bits per heavy atom. The van der Waals surface area contributed by atoms with Crippen LogP contribution in [0.1, 0.15) is 5.56 Å².